The van der Waals surface area contributed by atoms with Crippen molar-refractivity contribution in [3.8, 4) is 0 Å². The second-order valence-electron chi connectivity index (χ2n) is 7.85. The van der Waals surface area contributed by atoms with Crippen LogP contribution in [0.4, 0.5) is 10.1 Å². The average molecular weight is 426 g/mol. The number of anilines is 1. The fourth-order valence-electron chi connectivity index (χ4n) is 3.66. The molecule has 0 atom stereocenters. The van der Waals surface area contributed by atoms with Gasteiger partial charge in [-0.05, 0) is 49.8 Å². The van der Waals surface area contributed by atoms with E-state index in [1.54, 1.807) is 19.2 Å². The summed E-state index contributed by atoms with van der Waals surface area (Å²) in [4.78, 5) is 6.38. The zero-order valence-electron chi connectivity index (χ0n) is 17.0. The van der Waals surface area contributed by atoms with Gasteiger partial charge < -0.3 is 15.5 Å². The van der Waals surface area contributed by atoms with Crippen LogP contribution in [-0.2, 0) is 10.0 Å². The third-order valence-electron chi connectivity index (χ3n) is 5.71. The summed E-state index contributed by atoms with van der Waals surface area (Å²) in [6.45, 7) is 2.52. The molecule has 0 radical (unpaired) electrons. The molecule has 1 aliphatic heterocycles. The van der Waals surface area contributed by atoms with Crippen molar-refractivity contribution in [2.75, 3.05) is 43.9 Å². The summed E-state index contributed by atoms with van der Waals surface area (Å²) in [6, 6.07) is 6.93. The van der Waals surface area contributed by atoms with E-state index in [-0.39, 0.29) is 17.6 Å². The lowest BCUT2D eigenvalue weighted by Crippen LogP contribution is -2.49. The van der Waals surface area contributed by atoms with Crippen LogP contribution in [0.2, 0.25) is 0 Å². The van der Waals surface area contributed by atoms with E-state index in [9.17, 15) is 12.8 Å². The van der Waals surface area contributed by atoms with Crippen molar-refractivity contribution in [2.45, 2.75) is 38.1 Å². The number of halogens is 1. The van der Waals surface area contributed by atoms with Crippen LogP contribution >= 0.6 is 0 Å². The monoisotopic (exact) mass is 425 g/mol. The number of guanidine groups is 1. The molecular weight excluding hydrogens is 393 g/mol. The molecule has 0 aromatic heterocycles. The molecule has 2 fully saturated rings. The zero-order valence-corrected chi connectivity index (χ0v) is 17.8. The van der Waals surface area contributed by atoms with Crippen LogP contribution in [-0.4, -0.2) is 59.4 Å². The van der Waals surface area contributed by atoms with E-state index >= 15 is 0 Å². The van der Waals surface area contributed by atoms with Gasteiger partial charge in [-0.1, -0.05) is 12.5 Å². The summed E-state index contributed by atoms with van der Waals surface area (Å²) in [6.07, 6.45) is 5.25. The van der Waals surface area contributed by atoms with E-state index in [4.69, 9.17) is 0 Å². The molecule has 9 heteroatoms. The maximum atomic E-state index is 13.4. The third-order valence-corrected chi connectivity index (χ3v) is 7.06. The Morgan fingerprint density at radius 1 is 1.24 bits per heavy atom. The van der Waals surface area contributed by atoms with Crippen molar-refractivity contribution in [3.05, 3.63) is 30.1 Å². The van der Waals surface area contributed by atoms with Crippen LogP contribution in [0.25, 0.3) is 0 Å². The van der Waals surface area contributed by atoms with Gasteiger partial charge >= 0.3 is 0 Å². The predicted octanol–water partition coefficient (Wildman–Crippen LogP) is 1.68. The Bertz CT molecular complexity index is 790. The maximum Gasteiger partial charge on any atom is 0.213 e. The van der Waals surface area contributed by atoms with E-state index in [1.807, 2.05) is 6.07 Å². The van der Waals surface area contributed by atoms with Crippen molar-refractivity contribution in [3.63, 3.8) is 0 Å². The topological polar surface area (TPSA) is 85.8 Å². The molecule has 162 valence electrons. The van der Waals surface area contributed by atoms with Gasteiger partial charge in [0.25, 0.3) is 0 Å². The molecule has 0 unspecified atom stereocenters. The highest BCUT2D eigenvalue weighted by Gasteiger charge is 2.22. The number of benzene rings is 1. The maximum absolute atomic E-state index is 13.4. The predicted molar refractivity (Wildman–Crippen MR) is 115 cm³/mol. The van der Waals surface area contributed by atoms with Crippen molar-refractivity contribution in [1.82, 2.24) is 15.4 Å². The first-order valence-electron chi connectivity index (χ1n) is 10.4. The minimum Gasteiger partial charge on any atom is -0.371 e. The number of nitrogens with one attached hydrogen (secondary N) is 3. The Kier molecular flexibility index (Phi) is 7.71. The van der Waals surface area contributed by atoms with E-state index in [2.05, 4.69) is 25.2 Å². The van der Waals surface area contributed by atoms with Crippen molar-refractivity contribution in [1.29, 1.82) is 0 Å². The van der Waals surface area contributed by atoms with Crippen LogP contribution in [0.3, 0.4) is 0 Å². The highest BCUT2D eigenvalue weighted by molar-refractivity contribution is 7.89. The van der Waals surface area contributed by atoms with Gasteiger partial charge in [-0.2, -0.15) is 0 Å². The van der Waals surface area contributed by atoms with Gasteiger partial charge in [0, 0.05) is 45.0 Å². The van der Waals surface area contributed by atoms with Gasteiger partial charge in [0.1, 0.15) is 5.82 Å². The van der Waals surface area contributed by atoms with E-state index < -0.39 is 10.0 Å². The summed E-state index contributed by atoms with van der Waals surface area (Å²) in [5.41, 5.74) is 0.908. The minimum atomic E-state index is -3.26. The molecule has 1 saturated carbocycles. The molecule has 1 aliphatic carbocycles. The van der Waals surface area contributed by atoms with Gasteiger partial charge in [0.2, 0.25) is 10.0 Å². The van der Waals surface area contributed by atoms with Gasteiger partial charge in [0.05, 0.1) is 5.75 Å². The van der Waals surface area contributed by atoms with Gasteiger partial charge in [0.15, 0.2) is 5.96 Å². The van der Waals surface area contributed by atoms with Gasteiger partial charge in [-0.15, -0.1) is 0 Å². The molecule has 1 saturated heterocycles. The van der Waals surface area contributed by atoms with Crippen LogP contribution in [0.15, 0.2) is 29.3 Å². The average Bonchev–Trinajstić information content (AvgIpc) is 2.66. The van der Waals surface area contributed by atoms with Crippen LogP contribution in [0.1, 0.15) is 32.1 Å². The van der Waals surface area contributed by atoms with Gasteiger partial charge in [-0.25, -0.2) is 17.5 Å². The third kappa shape index (κ3) is 6.85. The number of rotatable bonds is 8. The zero-order chi connectivity index (χ0) is 20.7. The fraction of sp³-hybridized carbons (Fsp3) is 0.650. The Morgan fingerprint density at radius 2 is 2.00 bits per heavy atom. The lowest BCUT2D eigenvalue weighted by Gasteiger charge is -2.34. The number of hydrogen-bond acceptors (Lipinski definition) is 4. The van der Waals surface area contributed by atoms with Crippen molar-refractivity contribution >= 4 is 21.7 Å². The highest BCUT2D eigenvalue weighted by Crippen LogP contribution is 2.25. The molecular formula is C20H32FN5O2S. The lowest BCUT2D eigenvalue weighted by atomic mass is 9.86. The molecule has 3 N–H and O–H groups in total. The van der Waals surface area contributed by atoms with Crippen LogP contribution in [0, 0.1) is 11.7 Å². The van der Waals surface area contributed by atoms with Crippen molar-refractivity contribution in [2.24, 2.45) is 10.9 Å². The largest absolute Gasteiger partial charge is 0.371 e. The molecule has 1 heterocycles. The second kappa shape index (κ2) is 10.2. The van der Waals surface area contributed by atoms with E-state index in [0.717, 1.165) is 44.5 Å². The molecule has 1 aromatic rings. The Balaban J connectivity index is 1.37. The normalized spacial score (nSPS) is 19.1. The summed E-state index contributed by atoms with van der Waals surface area (Å²) in [5.74, 6) is 0.927. The molecule has 3 rings (SSSR count). The number of sulfonamides is 1. The van der Waals surface area contributed by atoms with Crippen LogP contribution < -0.4 is 20.3 Å². The van der Waals surface area contributed by atoms with Gasteiger partial charge in [-0.3, -0.25) is 4.99 Å². The smallest absolute Gasteiger partial charge is 0.213 e. The molecule has 29 heavy (non-hydrogen) atoms. The molecule has 0 spiro atoms. The SMILES string of the molecule is CN=C(NCCS(=O)(=O)NCC1CCC1)NC1CCN(c2cccc(F)c2)CC1. The number of aliphatic imine (C=N–C) groups is 1. The molecule has 7 nitrogen and oxygen atoms in total. The van der Waals surface area contributed by atoms with Crippen molar-refractivity contribution < 1.29 is 12.8 Å². The lowest BCUT2D eigenvalue weighted by molar-refractivity contribution is 0.316. The summed E-state index contributed by atoms with van der Waals surface area (Å²) < 4.78 is 40.3. The fourth-order valence-corrected chi connectivity index (χ4v) is 4.67. The number of piperidine rings is 1. The Morgan fingerprint density at radius 3 is 2.62 bits per heavy atom. The Labute approximate surface area is 173 Å². The Hall–Kier alpha value is -1.87. The minimum absolute atomic E-state index is 0.0262. The molecule has 1 aromatic carbocycles. The molecule has 2 aliphatic rings. The summed E-state index contributed by atoms with van der Waals surface area (Å²) in [5, 5.41) is 6.46. The molecule has 0 amide bonds. The first-order valence-corrected chi connectivity index (χ1v) is 12.1. The van der Waals surface area contributed by atoms with Crippen LogP contribution in [0.5, 0.6) is 0 Å². The first kappa shape index (κ1) is 21.8. The number of nitrogens with zero attached hydrogens (tertiary/aromatic N) is 2. The van der Waals surface area contributed by atoms with E-state index in [1.165, 1.54) is 12.5 Å². The number of hydrogen-bond donors (Lipinski definition) is 3. The summed E-state index contributed by atoms with van der Waals surface area (Å²) >= 11 is 0. The second-order valence-corrected chi connectivity index (χ2v) is 9.78. The highest BCUT2D eigenvalue weighted by atomic mass is 32.2. The standard InChI is InChI=1S/C20H32FN5O2S/c1-22-20(23-10-13-29(27,28)24-15-16-4-2-5-16)25-18-8-11-26(12-9-18)19-7-3-6-17(21)14-19/h3,6-7,14,16,18,24H,2,4-5,8-13,15H2,1H3,(H2,22,23,25). The molecule has 0 bridgehead atoms. The van der Waals surface area contributed by atoms with E-state index in [0.29, 0.717) is 25.0 Å². The summed E-state index contributed by atoms with van der Waals surface area (Å²) in [7, 11) is -1.58. The quantitative estimate of drug-likeness (QED) is 0.436. The first-order chi connectivity index (χ1) is 13.9.